The lowest BCUT2D eigenvalue weighted by molar-refractivity contribution is 0.139. The third-order valence-corrected chi connectivity index (χ3v) is 3.74. The van der Waals surface area contributed by atoms with Gasteiger partial charge in [0, 0.05) is 45.2 Å². The first-order valence-corrected chi connectivity index (χ1v) is 7.23. The lowest BCUT2D eigenvalue weighted by Gasteiger charge is -2.33. The number of aromatic nitrogens is 1. The van der Waals surface area contributed by atoms with Gasteiger partial charge in [-0.2, -0.15) is 0 Å². The van der Waals surface area contributed by atoms with Crippen molar-refractivity contribution in [2.24, 2.45) is 5.92 Å². The maximum atomic E-state index is 5.25. The Morgan fingerprint density at radius 3 is 2.89 bits per heavy atom. The molecule has 0 bridgehead atoms. The Balaban J connectivity index is 1.91. The summed E-state index contributed by atoms with van der Waals surface area (Å²) in [5, 5.41) is 3.32. The van der Waals surface area contributed by atoms with Crippen LogP contribution in [0, 0.1) is 5.92 Å². The summed E-state index contributed by atoms with van der Waals surface area (Å²) in [6.07, 6.45) is 4.36. The predicted octanol–water partition coefficient (Wildman–Crippen LogP) is 2.05. The molecule has 1 aliphatic heterocycles. The zero-order valence-electron chi connectivity index (χ0n) is 12.1. The third kappa shape index (κ3) is 4.18. The highest BCUT2D eigenvalue weighted by Gasteiger charge is 2.19. The van der Waals surface area contributed by atoms with E-state index in [0.29, 0.717) is 0 Å². The molecule has 1 N–H and O–H groups in total. The molecule has 4 heteroatoms. The minimum absolute atomic E-state index is 0.726. The fourth-order valence-corrected chi connectivity index (χ4v) is 2.61. The van der Waals surface area contributed by atoms with E-state index in [1.165, 1.54) is 18.5 Å². The van der Waals surface area contributed by atoms with Gasteiger partial charge in [0.25, 0.3) is 0 Å². The van der Waals surface area contributed by atoms with Gasteiger partial charge in [0.05, 0.1) is 5.69 Å². The highest BCUT2D eigenvalue weighted by molar-refractivity contribution is 5.46. The van der Waals surface area contributed by atoms with Gasteiger partial charge in [0.15, 0.2) is 0 Å². The molecular formula is C15H25N3O. The van der Waals surface area contributed by atoms with E-state index < -0.39 is 0 Å². The molecule has 2 heterocycles. The Morgan fingerprint density at radius 1 is 1.42 bits per heavy atom. The van der Waals surface area contributed by atoms with Crippen LogP contribution in [-0.4, -0.2) is 38.3 Å². The lowest BCUT2D eigenvalue weighted by Crippen LogP contribution is -2.35. The van der Waals surface area contributed by atoms with Crippen molar-refractivity contribution in [1.29, 1.82) is 0 Å². The molecule has 0 aromatic carbocycles. The van der Waals surface area contributed by atoms with Crippen molar-refractivity contribution >= 4 is 5.69 Å². The fraction of sp³-hybridized carbons (Fsp3) is 0.667. The van der Waals surface area contributed by atoms with Gasteiger partial charge in [-0.15, -0.1) is 0 Å². The Bertz CT molecular complexity index is 375. The normalized spacial score (nSPS) is 16.8. The number of anilines is 1. The molecule has 1 aliphatic rings. The fourth-order valence-electron chi connectivity index (χ4n) is 2.61. The summed E-state index contributed by atoms with van der Waals surface area (Å²) in [4.78, 5) is 6.87. The van der Waals surface area contributed by atoms with Crippen molar-refractivity contribution in [2.75, 3.05) is 38.3 Å². The Morgan fingerprint density at radius 2 is 2.21 bits per heavy atom. The van der Waals surface area contributed by atoms with Crippen molar-refractivity contribution < 1.29 is 4.74 Å². The summed E-state index contributed by atoms with van der Waals surface area (Å²) in [5.41, 5.74) is 2.43. The first-order chi connectivity index (χ1) is 9.33. The minimum atomic E-state index is 0.726. The second-order valence-corrected chi connectivity index (χ2v) is 5.17. The van der Waals surface area contributed by atoms with Crippen molar-refractivity contribution in [3.8, 4) is 0 Å². The molecular weight excluding hydrogens is 238 g/mol. The van der Waals surface area contributed by atoms with Gasteiger partial charge in [0.2, 0.25) is 0 Å². The van der Waals surface area contributed by atoms with E-state index in [2.05, 4.69) is 34.3 Å². The van der Waals surface area contributed by atoms with Gasteiger partial charge in [-0.25, -0.2) is 0 Å². The molecule has 106 valence electrons. The number of rotatable bonds is 6. The van der Waals surface area contributed by atoms with Gasteiger partial charge in [-0.3, -0.25) is 4.98 Å². The molecule has 0 radical (unpaired) electrons. The SMILES string of the molecule is CCNCc1cc(N2CCC(COC)CC2)ccn1. The number of hydrogen-bond acceptors (Lipinski definition) is 4. The number of hydrogen-bond donors (Lipinski definition) is 1. The van der Waals surface area contributed by atoms with E-state index in [4.69, 9.17) is 4.74 Å². The van der Waals surface area contributed by atoms with Crippen LogP contribution in [0.4, 0.5) is 5.69 Å². The topological polar surface area (TPSA) is 37.4 Å². The van der Waals surface area contributed by atoms with E-state index in [-0.39, 0.29) is 0 Å². The van der Waals surface area contributed by atoms with Crippen LogP contribution in [0.2, 0.25) is 0 Å². The minimum Gasteiger partial charge on any atom is -0.384 e. The van der Waals surface area contributed by atoms with Crippen LogP contribution in [0.15, 0.2) is 18.3 Å². The van der Waals surface area contributed by atoms with E-state index in [1.807, 2.05) is 6.20 Å². The van der Waals surface area contributed by atoms with Crippen LogP contribution in [-0.2, 0) is 11.3 Å². The molecule has 0 unspecified atom stereocenters. The quantitative estimate of drug-likeness (QED) is 0.852. The molecule has 0 aliphatic carbocycles. The van der Waals surface area contributed by atoms with Gasteiger partial charge in [-0.1, -0.05) is 6.92 Å². The molecule has 1 fully saturated rings. The Labute approximate surface area is 116 Å². The van der Waals surface area contributed by atoms with E-state index in [9.17, 15) is 0 Å². The number of ether oxygens (including phenoxy) is 1. The number of nitrogens with zero attached hydrogens (tertiary/aromatic N) is 2. The maximum absolute atomic E-state index is 5.25. The zero-order valence-corrected chi connectivity index (χ0v) is 12.1. The average Bonchev–Trinajstić information content (AvgIpc) is 2.46. The number of nitrogens with one attached hydrogen (secondary N) is 1. The Hall–Kier alpha value is -1.13. The molecule has 1 aromatic heterocycles. The molecule has 0 amide bonds. The largest absolute Gasteiger partial charge is 0.384 e. The monoisotopic (exact) mass is 263 g/mol. The lowest BCUT2D eigenvalue weighted by atomic mass is 9.97. The van der Waals surface area contributed by atoms with Crippen molar-refractivity contribution in [3.05, 3.63) is 24.0 Å². The van der Waals surface area contributed by atoms with Gasteiger partial charge in [-0.05, 0) is 37.4 Å². The van der Waals surface area contributed by atoms with E-state index in [1.54, 1.807) is 7.11 Å². The van der Waals surface area contributed by atoms with Gasteiger partial charge < -0.3 is 15.0 Å². The van der Waals surface area contributed by atoms with Gasteiger partial charge in [0.1, 0.15) is 0 Å². The zero-order chi connectivity index (χ0) is 13.5. The third-order valence-electron chi connectivity index (χ3n) is 3.74. The number of piperidine rings is 1. The molecule has 1 saturated heterocycles. The van der Waals surface area contributed by atoms with E-state index >= 15 is 0 Å². The molecule has 0 atom stereocenters. The predicted molar refractivity (Wildman–Crippen MR) is 78.4 cm³/mol. The standard InChI is InChI=1S/C15H25N3O/c1-3-16-11-14-10-15(4-7-17-14)18-8-5-13(6-9-18)12-19-2/h4,7,10,13,16H,3,5-6,8-9,11-12H2,1-2H3. The molecule has 1 aromatic rings. The van der Waals surface area contributed by atoms with Crippen LogP contribution in [0.1, 0.15) is 25.5 Å². The molecule has 0 spiro atoms. The maximum Gasteiger partial charge on any atom is 0.0562 e. The van der Waals surface area contributed by atoms with Crippen molar-refractivity contribution in [3.63, 3.8) is 0 Å². The highest BCUT2D eigenvalue weighted by atomic mass is 16.5. The highest BCUT2D eigenvalue weighted by Crippen LogP contribution is 2.23. The molecule has 2 rings (SSSR count). The summed E-state index contributed by atoms with van der Waals surface area (Å²) >= 11 is 0. The number of methoxy groups -OCH3 is 1. The summed E-state index contributed by atoms with van der Waals surface area (Å²) in [6, 6.07) is 4.32. The van der Waals surface area contributed by atoms with Crippen LogP contribution < -0.4 is 10.2 Å². The molecule has 19 heavy (non-hydrogen) atoms. The average molecular weight is 263 g/mol. The van der Waals surface area contributed by atoms with E-state index in [0.717, 1.165) is 44.4 Å². The second-order valence-electron chi connectivity index (χ2n) is 5.17. The van der Waals surface area contributed by atoms with Gasteiger partial charge >= 0.3 is 0 Å². The second kappa shape index (κ2) is 7.46. The first kappa shape index (κ1) is 14.3. The van der Waals surface area contributed by atoms with Crippen LogP contribution in [0.3, 0.4) is 0 Å². The first-order valence-electron chi connectivity index (χ1n) is 7.23. The Kier molecular flexibility index (Phi) is 5.61. The summed E-state index contributed by atoms with van der Waals surface area (Å²) < 4.78 is 5.25. The van der Waals surface area contributed by atoms with Crippen LogP contribution in [0.25, 0.3) is 0 Å². The van der Waals surface area contributed by atoms with Crippen LogP contribution in [0.5, 0.6) is 0 Å². The molecule has 0 saturated carbocycles. The van der Waals surface area contributed by atoms with Crippen molar-refractivity contribution in [1.82, 2.24) is 10.3 Å². The number of pyridine rings is 1. The van der Waals surface area contributed by atoms with Crippen molar-refractivity contribution in [2.45, 2.75) is 26.3 Å². The van der Waals surface area contributed by atoms with Crippen LogP contribution >= 0.6 is 0 Å². The summed E-state index contributed by atoms with van der Waals surface area (Å²) in [5.74, 6) is 0.726. The summed E-state index contributed by atoms with van der Waals surface area (Å²) in [6.45, 7) is 7.09. The smallest absolute Gasteiger partial charge is 0.0562 e. The summed E-state index contributed by atoms with van der Waals surface area (Å²) in [7, 11) is 1.79. The molecule has 4 nitrogen and oxygen atoms in total.